The second kappa shape index (κ2) is 7.28. The topological polar surface area (TPSA) is 108 Å². The van der Waals surface area contributed by atoms with Crippen LogP contribution in [0.5, 0.6) is 0 Å². The minimum atomic E-state index is -3.18. The Labute approximate surface area is 181 Å². The van der Waals surface area contributed by atoms with E-state index in [0.29, 0.717) is 32.0 Å². The lowest BCUT2D eigenvalue weighted by atomic mass is 9.65. The average Bonchev–Trinajstić information content (AvgIpc) is 3.16. The molecule has 1 saturated heterocycles. The van der Waals surface area contributed by atoms with Gasteiger partial charge in [0.05, 0.1) is 29.5 Å². The molecule has 1 saturated carbocycles. The van der Waals surface area contributed by atoms with E-state index in [1.165, 1.54) is 16.9 Å². The third-order valence-corrected chi connectivity index (χ3v) is 7.73. The van der Waals surface area contributed by atoms with Crippen LogP contribution in [0.1, 0.15) is 24.8 Å². The van der Waals surface area contributed by atoms with E-state index in [2.05, 4.69) is 32.1 Å². The first-order valence-electron chi connectivity index (χ1n) is 10.3. The molecule has 0 radical (unpaired) electrons. The van der Waals surface area contributed by atoms with Gasteiger partial charge in [-0.1, -0.05) is 12.1 Å². The van der Waals surface area contributed by atoms with Gasteiger partial charge in [-0.25, -0.2) is 23.1 Å². The highest BCUT2D eigenvalue weighted by atomic mass is 32.2. The number of piperazine rings is 1. The first kappa shape index (κ1) is 19.9. The quantitative estimate of drug-likeness (QED) is 0.613. The number of nitrogens with zero attached hydrogens (tertiary/aromatic N) is 7. The Morgan fingerprint density at radius 2 is 1.81 bits per heavy atom. The molecule has 0 unspecified atom stereocenters. The van der Waals surface area contributed by atoms with Crippen molar-refractivity contribution in [2.24, 2.45) is 0 Å². The molecule has 0 amide bonds. The highest BCUT2D eigenvalue weighted by molar-refractivity contribution is 7.88. The minimum Gasteiger partial charge on any atom is -0.354 e. The number of nitriles is 1. The molecule has 9 nitrogen and oxygen atoms in total. The average molecular weight is 438 g/mol. The monoisotopic (exact) mass is 437 g/mol. The van der Waals surface area contributed by atoms with Crippen molar-refractivity contribution in [1.29, 1.82) is 5.26 Å². The standard InChI is InChI=1S/C21H23N7O2S/c1-31(29,30)27-9-7-26(8-10-27)19-12-20(24-15-23-19)28-18-11-17(4-3-16(18)13-25-28)21(14-22)5-2-6-21/h3-4,11-13,15H,2,5-10H2,1H3. The number of hydrogen-bond donors (Lipinski definition) is 0. The van der Waals surface area contributed by atoms with E-state index >= 15 is 0 Å². The summed E-state index contributed by atoms with van der Waals surface area (Å²) in [5, 5.41) is 15.2. The molecule has 0 N–H and O–H groups in total. The second-order valence-electron chi connectivity index (χ2n) is 8.26. The van der Waals surface area contributed by atoms with E-state index in [1.807, 2.05) is 18.2 Å². The molecule has 1 aliphatic heterocycles. The summed E-state index contributed by atoms with van der Waals surface area (Å²) in [7, 11) is -3.18. The van der Waals surface area contributed by atoms with E-state index < -0.39 is 10.0 Å². The molecule has 2 fully saturated rings. The van der Waals surface area contributed by atoms with Gasteiger partial charge >= 0.3 is 0 Å². The second-order valence-corrected chi connectivity index (χ2v) is 10.2. The summed E-state index contributed by atoms with van der Waals surface area (Å²) in [6.45, 7) is 2.00. The van der Waals surface area contributed by atoms with Crippen LogP contribution in [0, 0.1) is 11.3 Å². The largest absolute Gasteiger partial charge is 0.354 e. The Balaban J connectivity index is 1.46. The fourth-order valence-corrected chi connectivity index (χ4v) is 5.20. The summed E-state index contributed by atoms with van der Waals surface area (Å²) < 4.78 is 26.8. The molecule has 10 heteroatoms. The van der Waals surface area contributed by atoms with Crippen molar-refractivity contribution >= 4 is 26.7 Å². The molecule has 0 atom stereocenters. The van der Waals surface area contributed by atoms with Crippen molar-refractivity contribution in [2.75, 3.05) is 37.3 Å². The van der Waals surface area contributed by atoms with Gasteiger partial charge in [0, 0.05) is 37.6 Å². The predicted molar refractivity (Wildman–Crippen MR) is 116 cm³/mol. The maximum Gasteiger partial charge on any atom is 0.211 e. The Morgan fingerprint density at radius 3 is 2.45 bits per heavy atom. The van der Waals surface area contributed by atoms with Crippen molar-refractivity contribution in [1.82, 2.24) is 24.1 Å². The normalized spacial score (nSPS) is 19.2. The highest BCUT2D eigenvalue weighted by Gasteiger charge is 2.39. The predicted octanol–water partition coefficient (Wildman–Crippen LogP) is 1.84. The Kier molecular flexibility index (Phi) is 4.68. The number of rotatable bonds is 4. The van der Waals surface area contributed by atoms with Gasteiger partial charge in [-0.15, -0.1) is 0 Å². The molecule has 2 aromatic heterocycles. The maximum absolute atomic E-state index is 11.8. The fraction of sp³-hybridized carbons (Fsp3) is 0.429. The van der Waals surface area contributed by atoms with Crippen molar-refractivity contribution in [3.05, 3.63) is 42.4 Å². The van der Waals surface area contributed by atoms with Crippen LogP contribution in [-0.2, 0) is 15.4 Å². The number of sulfonamides is 1. The van der Waals surface area contributed by atoms with E-state index in [-0.39, 0.29) is 5.41 Å². The lowest BCUT2D eigenvalue weighted by Crippen LogP contribution is -2.48. The Morgan fingerprint density at radius 1 is 1.06 bits per heavy atom. The van der Waals surface area contributed by atoms with Crippen LogP contribution >= 0.6 is 0 Å². The lowest BCUT2D eigenvalue weighted by molar-refractivity contribution is 0.324. The molecule has 160 valence electrons. The molecule has 3 aromatic rings. The van der Waals surface area contributed by atoms with E-state index in [9.17, 15) is 13.7 Å². The molecule has 5 rings (SSSR count). The lowest BCUT2D eigenvalue weighted by Gasteiger charge is -2.35. The number of aromatic nitrogens is 4. The first-order chi connectivity index (χ1) is 14.9. The zero-order valence-electron chi connectivity index (χ0n) is 17.3. The molecule has 1 aromatic carbocycles. The SMILES string of the molecule is CS(=O)(=O)N1CCN(c2cc(-n3ncc4ccc(C5(C#N)CCC5)cc43)ncn2)CC1. The number of fused-ring (bicyclic) bond motifs is 1. The van der Waals surface area contributed by atoms with Crippen LogP contribution in [0.25, 0.3) is 16.7 Å². The number of benzene rings is 1. The third kappa shape index (κ3) is 3.43. The molecule has 2 aliphatic rings. The van der Waals surface area contributed by atoms with Crippen LogP contribution in [-0.4, -0.2) is 64.9 Å². The van der Waals surface area contributed by atoms with Gasteiger partial charge in [-0.05, 0) is 30.9 Å². The minimum absolute atomic E-state index is 0.389. The smallest absolute Gasteiger partial charge is 0.211 e. The van der Waals surface area contributed by atoms with Gasteiger partial charge in [-0.3, -0.25) is 0 Å². The van der Waals surface area contributed by atoms with Crippen molar-refractivity contribution in [3.63, 3.8) is 0 Å². The molecule has 3 heterocycles. The number of anilines is 1. The summed E-state index contributed by atoms with van der Waals surface area (Å²) in [6, 6.07) is 10.5. The van der Waals surface area contributed by atoms with Gasteiger partial charge < -0.3 is 4.90 Å². The molecule has 0 spiro atoms. The summed E-state index contributed by atoms with van der Waals surface area (Å²) in [5.41, 5.74) is 1.55. The molecule has 0 bridgehead atoms. The molecule has 1 aliphatic carbocycles. The van der Waals surface area contributed by atoms with Gasteiger partial charge in [0.15, 0.2) is 5.82 Å². The zero-order valence-corrected chi connectivity index (χ0v) is 18.1. The van der Waals surface area contributed by atoms with E-state index in [0.717, 1.165) is 41.5 Å². The van der Waals surface area contributed by atoms with Crippen LogP contribution in [0.3, 0.4) is 0 Å². The van der Waals surface area contributed by atoms with Gasteiger partial charge in [0.1, 0.15) is 12.1 Å². The molecular weight excluding hydrogens is 414 g/mol. The van der Waals surface area contributed by atoms with Crippen LogP contribution in [0.15, 0.2) is 36.8 Å². The van der Waals surface area contributed by atoms with Gasteiger partial charge in [0.25, 0.3) is 0 Å². The summed E-state index contributed by atoms with van der Waals surface area (Å²) >= 11 is 0. The Bertz CT molecular complexity index is 1280. The van der Waals surface area contributed by atoms with Crippen LogP contribution in [0.4, 0.5) is 5.82 Å². The van der Waals surface area contributed by atoms with Crippen LogP contribution in [0.2, 0.25) is 0 Å². The van der Waals surface area contributed by atoms with Crippen molar-refractivity contribution < 1.29 is 8.42 Å². The number of hydrogen-bond acceptors (Lipinski definition) is 7. The third-order valence-electron chi connectivity index (χ3n) is 6.43. The van der Waals surface area contributed by atoms with E-state index in [1.54, 1.807) is 10.9 Å². The zero-order chi connectivity index (χ0) is 21.6. The Hall–Kier alpha value is -3.03. The first-order valence-corrected chi connectivity index (χ1v) is 12.2. The van der Waals surface area contributed by atoms with Gasteiger partial charge in [-0.2, -0.15) is 14.7 Å². The highest BCUT2D eigenvalue weighted by Crippen LogP contribution is 2.43. The van der Waals surface area contributed by atoms with E-state index in [4.69, 9.17) is 0 Å². The summed E-state index contributed by atoms with van der Waals surface area (Å²) in [5.74, 6) is 1.38. The van der Waals surface area contributed by atoms with Gasteiger partial charge in [0.2, 0.25) is 10.0 Å². The van der Waals surface area contributed by atoms with Crippen molar-refractivity contribution in [2.45, 2.75) is 24.7 Å². The summed E-state index contributed by atoms with van der Waals surface area (Å²) in [6.07, 6.45) is 7.40. The molecular formula is C21H23N7O2S. The van der Waals surface area contributed by atoms with Crippen molar-refractivity contribution in [3.8, 4) is 11.9 Å². The van der Waals surface area contributed by atoms with Crippen LogP contribution < -0.4 is 4.90 Å². The summed E-state index contributed by atoms with van der Waals surface area (Å²) in [4.78, 5) is 10.9. The fourth-order valence-electron chi connectivity index (χ4n) is 4.37. The maximum atomic E-state index is 11.8. The molecule has 31 heavy (non-hydrogen) atoms.